The first kappa shape index (κ1) is 50.6. The second-order valence-electron chi connectivity index (χ2n) is 17.0. The summed E-state index contributed by atoms with van der Waals surface area (Å²) in [6.07, 6.45) is 36.6. The normalized spacial score (nSPS) is 20.4. The zero-order valence-corrected chi connectivity index (χ0v) is 38.2. The third kappa shape index (κ3) is 20.9. The van der Waals surface area contributed by atoms with Crippen molar-refractivity contribution in [1.29, 1.82) is 0 Å². The quantitative estimate of drug-likeness (QED) is 0.0464. The summed E-state index contributed by atoms with van der Waals surface area (Å²) in [7, 11) is 0. The fraction of sp³-hybridized carbons (Fsp3) is 0.640. The minimum Gasteiger partial charge on any atom is -0.317 e. The molecule has 2 unspecified atom stereocenters. The molecule has 0 spiro atoms. The molecule has 0 N–H and O–H groups in total. The van der Waals surface area contributed by atoms with Crippen LogP contribution in [0, 0.1) is 35.5 Å². The van der Waals surface area contributed by atoms with Gasteiger partial charge in [-0.15, -0.1) is 11.8 Å². The number of hydrazone groups is 2. The van der Waals surface area contributed by atoms with Crippen LogP contribution >= 0.6 is 0 Å². The second-order valence-corrected chi connectivity index (χ2v) is 17.0. The molecule has 0 amide bonds. The molecule has 0 heterocycles. The van der Waals surface area contributed by atoms with Gasteiger partial charge in [-0.25, -0.2) is 0 Å². The minimum atomic E-state index is 0. The van der Waals surface area contributed by atoms with E-state index in [4.69, 9.17) is 10.2 Å². The molecule has 4 aliphatic carbocycles. The molecule has 56 heavy (non-hydrogen) atoms. The van der Waals surface area contributed by atoms with Crippen LogP contribution in [0.5, 0.6) is 0 Å². The predicted octanol–water partition coefficient (Wildman–Crippen LogP) is 15.0. The molecule has 314 valence electrons. The molecule has 2 aromatic carbocycles. The topological polar surface area (TPSA) is 31.2 Å². The Morgan fingerprint density at radius 3 is 1.05 bits per heavy atom. The van der Waals surface area contributed by atoms with Crippen molar-refractivity contribution in [3.63, 3.8) is 0 Å². The van der Waals surface area contributed by atoms with E-state index in [0.29, 0.717) is 11.8 Å². The Morgan fingerprint density at radius 1 is 0.464 bits per heavy atom. The summed E-state index contributed by atoms with van der Waals surface area (Å²) in [5, 5.41) is 14.3. The number of unbranched alkanes of at least 4 members (excludes halogenated alkanes) is 9. The predicted molar refractivity (Wildman–Crippen MR) is 238 cm³/mol. The summed E-state index contributed by atoms with van der Waals surface area (Å²) in [4.78, 5) is 0. The third-order valence-corrected chi connectivity index (χ3v) is 12.2. The summed E-state index contributed by atoms with van der Waals surface area (Å²) in [6.45, 7) is 11.1. The summed E-state index contributed by atoms with van der Waals surface area (Å²) in [6, 6.07) is 21.4. The van der Waals surface area contributed by atoms with E-state index < -0.39 is 0 Å². The molecule has 4 saturated carbocycles. The van der Waals surface area contributed by atoms with E-state index >= 15 is 0 Å². The van der Waals surface area contributed by atoms with Gasteiger partial charge in [-0.2, -0.15) is 76.4 Å². The van der Waals surface area contributed by atoms with E-state index in [2.05, 4.69) is 111 Å². The van der Waals surface area contributed by atoms with E-state index in [0.717, 1.165) is 13.1 Å². The van der Waals surface area contributed by atoms with Crippen molar-refractivity contribution in [3.05, 3.63) is 84.3 Å². The molecule has 6 rings (SSSR count). The van der Waals surface area contributed by atoms with E-state index in [1.807, 2.05) is 0 Å². The van der Waals surface area contributed by atoms with Crippen LogP contribution in [0.4, 0.5) is 11.4 Å². The summed E-state index contributed by atoms with van der Waals surface area (Å²) < 4.78 is 0. The summed E-state index contributed by atoms with van der Waals surface area (Å²) in [5.74, 6) is 7.73. The van der Waals surface area contributed by atoms with Gasteiger partial charge in [0, 0.05) is 13.1 Å². The van der Waals surface area contributed by atoms with Gasteiger partial charge < -0.3 is 23.7 Å². The monoisotopic (exact) mass is 846 g/mol. The molecule has 0 aliphatic heterocycles. The number of anilines is 2. The van der Waals surface area contributed by atoms with Crippen LogP contribution in [-0.4, -0.2) is 25.5 Å². The Labute approximate surface area is 367 Å². The second kappa shape index (κ2) is 31.4. The van der Waals surface area contributed by atoms with Crippen LogP contribution in [-0.2, 0) is 34.1 Å². The number of nitrogens with zero attached hydrogens (tertiary/aromatic N) is 4. The average molecular weight is 847 g/mol. The SMILES string of the molecule is C[C-]1CCCC1.C[C-]1CCCC1.C[C-]1CCCC1/C=N/N(CCCCCCCCCCCCN(/N=C/C1CCC[C-]1C)c1ccccc1)c1ccccc1.[Fe+2].[Fe+2]. The zero-order valence-electron chi connectivity index (χ0n) is 36.0. The van der Waals surface area contributed by atoms with Gasteiger partial charge in [-0.05, 0) is 49.5 Å². The van der Waals surface area contributed by atoms with Crippen LogP contribution < -0.4 is 10.0 Å². The smallest absolute Gasteiger partial charge is 0.317 e. The number of hydrogen-bond acceptors (Lipinski definition) is 4. The average Bonchev–Trinajstić information content (AvgIpc) is 4.04. The standard InChI is InChI=1S/C38H56N4.2C6H11.2Fe/c1-33-21-19-23-35(33)31-39-41(37-25-13-11-14-26-37)29-17-9-7-5-3-4-6-8-10-18-30-42(38-27-15-12-16-28-38)40-32-36-24-20-22-34(36)2;2*1-6-4-2-3-5-6;;/h11-16,25-28,31-32,35-36H,3-10,17-24,29-30H2,1-2H3;2*2-5H2,1H3;;/q-2;2*-1;2*+2/b39-31+,40-32+;;;;. The molecule has 0 bridgehead atoms. The molecule has 4 nitrogen and oxygen atoms in total. The van der Waals surface area contributed by atoms with Gasteiger partial charge in [0.25, 0.3) is 0 Å². The Bertz CT molecular complexity index is 1150. The van der Waals surface area contributed by atoms with Crippen LogP contribution in [0.15, 0.2) is 70.9 Å². The molecule has 4 fully saturated rings. The molecule has 0 aromatic heterocycles. The van der Waals surface area contributed by atoms with Gasteiger partial charge in [0.1, 0.15) is 0 Å². The van der Waals surface area contributed by atoms with Gasteiger partial charge in [-0.3, -0.25) is 10.0 Å². The first-order valence-corrected chi connectivity index (χ1v) is 22.5. The van der Waals surface area contributed by atoms with Crippen molar-refractivity contribution in [2.45, 2.75) is 182 Å². The van der Waals surface area contributed by atoms with Crippen LogP contribution in [0.3, 0.4) is 0 Å². The van der Waals surface area contributed by atoms with E-state index in [1.54, 1.807) is 23.7 Å². The van der Waals surface area contributed by atoms with E-state index in [9.17, 15) is 0 Å². The summed E-state index contributed by atoms with van der Waals surface area (Å²) in [5.41, 5.74) is 2.43. The zero-order chi connectivity index (χ0) is 38.1. The molecular weight excluding hydrogens is 768 g/mol. The number of hydrogen-bond donors (Lipinski definition) is 0. The Morgan fingerprint density at radius 2 is 0.786 bits per heavy atom. The van der Waals surface area contributed by atoms with Crippen LogP contribution in [0.2, 0.25) is 0 Å². The molecule has 6 heteroatoms. The number of rotatable bonds is 19. The number of benzene rings is 2. The van der Waals surface area contributed by atoms with Crippen molar-refractivity contribution in [2.75, 3.05) is 23.1 Å². The van der Waals surface area contributed by atoms with Crippen molar-refractivity contribution >= 4 is 23.8 Å². The first-order valence-electron chi connectivity index (χ1n) is 22.5. The van der Waals surface area contributed by atoms with Gasteiger partial charge in [0.05, 0.1) is 11.4 Å². The van der Waals surface area contributed by atoms with Crippen molar-refractivity contribution in [2.24, 2.45) is 22.0 Å². The Kier molecular flexibility index (Phi) is 28.3. The molecule has 0 saturated heterocycles. The minimum absolute atomic E-state index is 0. The van der Waals surface area contributed by atoms with Crippen LogP contribution in [0.1, 0.15) is 182 Å². The molecule has 2 atom stereocenters. The molecule has 4 aliphatic rings. The maximum atomic E-state index is 4.94. The van der Waals surface area contributed by atoms with Gasteiger partial charge in [-0.1, -0.05) is 139 Å². The number of para-hydroxylation sites is 2. The van der Waals surface area contributed by atoms with Crippen molar-refractivity contribution in [1.82, 2.24) is 0 Å². The largest absolute Gasteiger partial charge is 2.00 e. The molecule has 2 aromatic rings. The fourth-order valence-electron chi connectivity index (χ4n) is 8.39. The van der Waals surface area contributed by atoms with E-state index in [1.165, 1.54) is 165 Å². The molecule has 0 radical (unpaired) electrons. The van der Waals surface area contributed by atoms with Crippen molar-refractivity contribution < 1.29 is 34.1 Å². The van der Waals surface area contributed by atoms with E-state index in [-0.39, 0.29) is 34.1 Å². The van der Waals surface area contributed by atoms with Crippen LogP contribution in [0.25, 0.3) is 0 Å². The fourth-order valence-corrected chi connectivity index (χ4v) is 8.39. The maximum absolute atomic E-state index is 4.94. The van der Waals surface area contributed by atoms with Crippen molar-refractivity contribution in [3.8, 4) is 0 Å². The molecular formula is C50H78Fe2N4. The van der Waals surface area contributed by atoms with Gasteiger partial charge >= 0.3 is 34.1 Å². The third-order valence-electron chi connectivity index (χ3n) is 12.2. The van der Waals surface area contributed by atoms with Gasteiger partial charge in [0.2, 0.25) is 0 Å². The Hall–Kier alpha value is -1.58. The maximum Gasteiger partial charge on any atom is 2.00 e. The Balaban J connectivity index is 0.000000656. The van der Waals surface area contributed by atoms with Gasteiger partial charge in [0.15, 0.2) is 0 Å². The summed E-state index contributed by atoms with van der Waals surface area (Å²) >= 11 is 0. The first-order chi connectivity index (χ1) is 26.5.